The van der Waals surface area contributed by atoms with Crippen molar-refractivity contribution in [2.24, 2.45) is 0 Å². The number of halogens is 3. The first-order chi connectivity index (χ1) is 10.1. The van der Waals surface area contributed by atoms with Crippen LogP contribution in [0.1, 0.15) is 33.3 Å². The molecule has 1 aliphatic rings. The van der Waals surface area contributed by atoms with Gasteiger partial charge in [0.2, 0.25) is 0 Å². The molecule has 120 valence electrons. The van der Waals surface area contributed by atoms with Crippen molar-refractivity contribution >= 4 is 36.4 Å². The standard InChI is InChI=1S/C15H18BCl2FO3/c1-14(2)15(3,4)22-16(21-14)10(8-20)5-9-6-11(17)13(18)12(19)7-9/h5-7,20H,8H2,1-4H3. The average Bonchev–Trinajstić information content (AvgIpc) is 2.61. The zero-order chi connectivity index (χ0) is 16.7. The van der Waals surface area contributed by atoms with Crippen LogP contribution in [0, 0.1) is 5.82 Å². The third-order valence-corrected chi connectivity index (χ3v) is 4.88. The maximum Gasteiger partial charge on any atom is 0.492 e. The summed E-state index contributed by atoms with van der Waals surface area (Å²) < 4.78 is 25.4. The third kappa shape index (κ3) is 3.34. The minimum atomic E-state index is -0.701. The molecular weight excluding hydrogens is 329 g/mol. The second kappa shape index (κ2) is 6.14. The Labute approximate surface area is 140 Å². The molecule has 1 aliphatic heterocycles. The van der Waals surface area contributed by atoms with E-state index in [4.69, 9.17) is 32.5 Å². The lowest BCUT2D eigenvalue weighted by Gasteiger charge is -2.32. The fourth-order valence-electron chi connectivity index (χ4n) is 2.06. The van der Waals surface area contributed by atoms with Crippen LogP contribution in [-0.4, -0.2) is 30.0 Å². The lowest BCUT2D eigenvalue weighted by atomic mass is 9.77. The highest BCUT2D eigenvalue weighted by Crippen LogP contribution is 2.39. The maximum absolute atomic E-state index is 13.6. The highest BCUT2D eigenvalue weighted by molar-refractivity contribution is 6.55. The van der Waals surface area contributed by atoms with E-state index in [1.54, 1.807) is 6.08 Å². The van der Waals surface area contributed by atoms with Crippen molar-refractivity contribution in [3.8, 4) is 0 Å². The Morgan fingerprint density at radius 2 is 1.77 bits per heavy atom. The average molecular weight is 347 g/mol. The quantitative estimate of drug-likeness (QED) is 0.660. The molecule has 2 rings (SSSR count). The van der Waals surface area contributed by atoms with Gasteiger partial charge in [-0.25, -0.2) is 4.39 Å². The van der Waals surface area contributed by atoms with E-state index in [9.17, 15) is 9.50 Å². The SMILES string of the molecule is CC1(C)OB(C(=Cc2cc(F)c(Cl)c(Cl)c2)CO)OC1(C)C. The molecule has 1 aromatic carbocycles. The smallest absolute Gasteiger partial charge is 0.400 e. The molecule has 0 amide bonds. The summed E-state index contributed by atoms with van der Waals surface area (Å²) in [6.45, 7) is 7.39. The fourth-order valence-corrected chi connectivity index (χ4v) is 2.38. The Hall–Kier alpha value is -0.585. The van der Waals surface area contributed by atoms with Gasteiger partial charge in [-0.2, -0.15) is 0 Å². The van der Waals surface area contributed by atoms with Crippen LogP contribution in [0.3, 0.4) is 0 Å². The van der Waals surface area contributed by atoms with E-state index in [1.807, 2.05) is 27.7 Å². The van der Waals surface area contributed by atoms with Crippen molar-refractivity contribution in [1.29, 1.82) is 0 Å². The zero-order valence-electron chi connectivity index (χ0n) is 12.9. The number of rotatable bonds is 3. The van der Waals surface area contributed by atoms with Crippen LogP contribution in [-0.2, 0) is 9.31 Å². The summed E-state index contributed by atoms with van der Waals surface area (Å²) in [5, 5.41) is 9.59. The van der Waals surface area contributed by atoms with Crippen molar-refractivity contribution in [3.63, 3.8) is 0 Å². The molecule has 1 fully saturated rings. The Bertz CT molecular complexity index is 578. The molecule has 22 heavy (non-hydrogen) atoms. The van der Waals surface area contributed by atoms with E-state index in [0.29, 0.717) is 11.0 Å². The summed E-state index contributed by atoms with van der Waals surface area (Å²) in [4.78, 5) is 0. The van der Waals surface area contributed by atoms with Gasteiger partial charge in [-0.1, -0.05) is 29.3 Å². The first kappa shape index (κ1) is 17.8. The van der Waals surface area contributed by atoms with E-state index in [1.165, 1.54) is 12.1 Å². The highest BCUT2D eigenvalue weighted by Gasteiger charge is 2.52. The Morgan fingerprint density at radius 3 is 2.23 bits per heavy atom. The van der Waals surface area contributed by atoms with Gasteiger partial charge in [-0.15, -0.1) is 0 Å². The predicted octanol–water partition coefficient (Wildman–Crippen LogP) is 4.14. The first-order valence-corrected chi connectivity index (χ1v) is 7.64. The van der Waals surface area contributed by atoms with Gasteiger partial charge >= 0.3 is 7.12 Å². The van der Waals surface area contributed by atoms with Gasteiger partial charge in [0.15, 0.2) is 0 Å². The summed E-state index contributed by atoms with van der Waals surface area (Å²) in [6, 6.07) is 2.77. The van der Waals surface area contributed by atoms with Gasteiger partial charge in [0.1, 0.15) is 5.82 Å². The number of hydrogen-bond donors (Lipinski definition) is 1. The monoisotopic (exact) mass is 346 g/mol. The normalized spacial score (nSPS) is 20.5. The van der Waals surface area contributed by atoms with Gasteiger partial charge in [-0.05, 0) is 50.9 Å². The second-order valence-electron chi connectivity index (χ2n) is 6.26. The maximum atomic E-state index is 13.6. The van der Waals surface area contributed by atoms with Gasteiger partial charge in [0.05, 0.1) is 27.9 Å². The topological polar surface area (TPSA) is 38.7 Å². The molecular formula is C15H18BCl2FO3. The fraction of sp³-hybridized carbons (Fsp3) is 0.467. The van der Waals surface area contributed by atoms with Crippen molar-refractivity contribution in [1.82, 2.24) is 0 Å². The van der Waals surface area contributed by atoms with E-state index in [2.05, 4.69) is 0 Å². The summed E-state index contributed by atoms with van der Waals surface area (Å²) >= 11 is 11.6. The van der Waals surface area contributed by atoms with Crippen molar-refractivity contribution < 1.29 is 18.8 Å². The molecule has 1 N–H and O–H groups in total. The van der Waals surface area contributed by atoms with Crippen LogP contribution < -0.4 is 0 Å². The van der Waals surface area contributed by atoms with Gasteiger partial charge in [0, 0.05) is 0 Å². The predicted molar refractivity (Wildman–Crippen MR) is 87.6 cm³/mol. The number of hydrogen-bond acceptors (Lipinski definition) is 3. The molecule has 1 heterocycles. The molecule has 1 aromatic rings. The van der Waals surface area contributed by atoms with Crippen LogP contribution in [0.2, 0.25) is 10.0 Å². The van der Waals surface area contributed by atoms with E-state index >= 15 is 0 Å². The second-order valence-corrected chi connectivity index (χ2v) is 7.05. The summed E-state index contributed by atoms with van der Waals surface area (Å²) in [5.74, 6) is -0.619. The number of aliphatic hydroxyl groups is 1. The zero-order valence-corrected chi connectivity index (χ0v) is 14.4. The molecule has 0 unspecified atom stereocenters. The highest BCUT2D eigenvalue weighted by atomic mass is 35.5. The summed E-state index contributed by atoms with van der Waals surface area (Å²) in [5.41, 5.74) is -0.0778. The lowest BCUT2D eigenvalue weighted by Crippen LogP contribution is -2.41. The minimum absolute atomic E-state index is 0.110. The summed E-state index contributed by atoms with van der Waals surface area (Å²) in [7, 11) is -0.701. The van der Waals surface area contributed by atoms with Gasteiger partial charge in [0.25, 0.3) is 0 Å². The molecule has 0 bridgehead atoms. The van der Waals surface area contributed by atoms with E-state index in [-0.39, 0.29) is 16.7 Å². The summed E-state index contributed by atoms with van der Waals surface area (Å²) in [6.07, 6.45) is 1.59. The van der Waals surface area contributed by atoms with Crippen molar-refractivity contribution in [2.45, 2.75) is 38.9 Å². The van der Waals surface area contributed by atoms with Crippen LogP contribution in [0.5, 0.6) is 0 Å². The van der Waals surface area contributed by atoms with Crippen molar-refractivity contribution in [2.75, 3.05) is 6.61 Å². The van der Waals surface area contributed by atoms with Crippen LogP contribution >= 0.6 is 23.2 Å². The molecule has 7 heteroatoms. The molecule has 0 saturated carbocycles. The largest absolute Gasteiger partial charge is 0.492 e. The molecule has 1 saturated heterocycles. The minimum Gasteiger partial charge on any atom is -0.400 e. The lowest BCUT2D eigenvalue weighted by molar-refractivity contribution is 0.00578. The molecule has 0 aromatic heterocycles. The van der Waals surface area contributed by atoms with Gasteiger partial charge in [-0.3, -0.25) is 0 Å². The van der Waals surface area contributed by atoms with Crippen molar-refractivity contribution in [3.05, 3.63) is 39.0 Å². The molecule has 0 aliphatic carbocycles. The third-order valence-electron chi connectivity index (χ3n) is 4.10. The Balaban J connectivity index is 2.34. The Morgan fingerprint density at radius 1 is 1.23 bits per heavy atom. The van der Waals surface area contributed by atoms with E-state index < -0.39 is 24.1 Å². The van der Waals surface area contributed by atoms with Crippen LogP contribution in [0.25, 0.3) is 6.08 Å². The number of aliphatic hydroxyl groups excluding tert-OH is 1. The van der Waals surface area contributed by atoms with Crippen LogP contribution in [0.15, 0.2) is 17.6 Å². The molecule has 0 spiro atoms. The van der Waals surface area contributed by atoms with Crippen LogP contribution in [0.4, 0.5) is 4.39 Å². The molecule has 0 atom stereocenters. The van der Waals surface area contributed by atoms with E-state index in [0.717, 1.165) is 0 Å². The number of benzene rings is 1. The molecule has 0 radical (unpaired) electrons. The van der Waals surface area contributed by atoms with Gasteiger partial charge < -0.3 is 14.4 Å². The first-order valence-electron chi connectivity index (χ1n) is 6.89. The molecule has 3 nitrogen and oxygen atoms in total. The Kier molecular flexibility index (Phi) is 4.95.